The van der Waals surface area contributed by atoms with Gasteiger partial charge >= 0.3 is 7.82 Å². The first-order valence-corrected chi connectivity index (χ1v) is 36.6. The van der Waals surface area contributed by atoms with E-state index in [9.17, 15) is 19.4 Å². The predicted octanol–water partition coefficient (Wildman–Crippen LogP) is 22.1. The number of aliphatic hydroxyl groups is 1. The summed E-state index contributed by atoms with van der Waals surface area (Å²) in [6.07, 6.45) is 78.1. The fourth-order valence-electron chi connectivity index (χ4n) is 11.0. The number of nitrogens with one attached hydrogen (secondary N) is 1. The number of allylic oxidation sites excluding steroid dienone is 1. The first kappa shape index (κ1) is 77.2. The molecule has 0 saturated heterocycles. The van der Waals surface area contributed by atoms with Crippen LogP contribution in [0.15, 0.2) is 12.2 Å². The van der Waals surface area contributed by atoms with Crippen molar-refractivity contribution in [1.29, 1.82) is 0 Å². The Morgan fingerprint density at radius 2 is 0.679 bits per heavy atom. The van der Waals surface area contributed by atoms with Gasteiger partial charge in [-0.1, -0.05) is 360 Å². The molecule has 0 radical (unpaired) electrons. The second-order valence-electron chi connectivity index (χ2n) is 25.6. The molecule has 3 atom stereocenters. The average molecular weight is 1120 g/mol. The number of likely N-dealkylation sites (N-methyl/N-ethyl adjacent to an activating group) is 1. The van der Waals surface area contributed by atoms with E-state index in [4.69, 9.17) is 9.05 Å². The number of amides is 1. The summed E-state index contributed by atoms with van der Waals surface area (Å²) in [6.45, 7) is 4.87. The van der Waals surface area contributed by atoms with Crippen molar-refractivity contribution in [1.82, 2.24) is 5.32 Å². The molecule has 0 aliphatic carbocycles. The van der Waals surface area contributed by atoms with E-state index in [0.29, 0.717) is 17.4 Å². The first-order chi connectivity index (χ1) is 38.0. The highest BCUT2D eigenvalue weighted by molar-refractivity contribution is 7.47. The van der Waals surface area contributed by atoms with Gasteiger partial charge in [0.25, 0.3) is 0 Å². The number of phosphoric acid groups is 1. The van der Waals surface area contributed by atoms with Crippen LogP contribution >= 0.6 is 7.82 Å². The Hall–Kier alpha value is -0.760. The number of hydrogen-bond donors (Lipinski definition) is 3. The van der Waals surface area contributed by atoms with Gasteiger partial charge in [-0.3, -0.25) is 13.8 Å². The molecule has 0 bridgehead atoms. The first-order valence-electron chi connectivity index (χ1n) is 35.1. The molecule has 0 aromatic rings. The van der Waals surface area contributed by atoms with Gasteiger partial charge in [-0.25, -0.2) is 4.57 Å². The Kier molecular flexibility index (Phi) is 60.2. The molecule has 0 aromatic heterocycles. The van der Waals surface area contributed by atoms with E-state index < -0.39 is 20.0 Å². The molecular weight excluding hydrogens is 984 g/mol. The van der Waals surface area contributed by atoms with Crippen LogP contribution in [0.5, 0.6) is 0 Å². The van der Waals surface area contributed by atoms with Crippen molar-refractivity contribution in [2.45, 2.75) is 386 Å². The van der Waals surface area contributed by atoms with Gasteiger partial charge in [0.1, 0.15) is 13.2 Å². The summed E-state index contributed by atoms with van der Waals surface area (Å²) in [6, 6.07) is -0.842. The quantitative estimate of drug-likeness (QED) is 0.0243. The lowest BCUT2D eigenvalue weighted by Crippen LogP contribution is -2.45. The minimum Gasteiger partial charge on any atom is -0.387 e. The molecular formula is C69H140N2O6P+. The lowest BCUT2D eigenvalue weighted by Gasteiger charge is -2.25. The lowest BCUT2D eigenvalue weighted by molar-refractivity contribution is -0.870. The predicted molar refractivity (Wildman–Crippen MR) is 342 cm³/mol. The van der Waals surface area contributed by atoms with Crippen molar-refractivity contribution < 1.29 is 32.9 Å². The van der Waals surface area contributed by atoms with Gasteiger partial charge in [0.15, 0.2) is 0 Å². The molecule has 0 rings (SSSR count). The van der Waals surface area contributed by atoms with E-state index in [2.05, 4.69) is 19.2 Å². The Labute approximate surface area is 488 Å². The molecule has 8 nitrogen and oxygen atoms in total. The Morgan fingerprint density at radius 1 is 0.423 bits per heavy atom. The van der Waals surface area contributed by atoms with Crippen LogP contribution in [0.25, 0.3) is 0 Å². The van der Waals surface area contributed by atoms with Crippen molar-refractivity contribution in [2.75, 3.05) is 40.9 Å². The fraction of sp³-hybridized carbons (Fsp3) is 0.957. The van der Waals surface area contributed by atoms with E-state index in [1.54, 1.807) is 6.08 Å². The number of carbonyl (C=O) groups excluding carboxylic acids is 1. The van der Waals surface area contributed by atoms with Gasteiger partial charge in [0.2, 0.25) is 5.91 Å². The number of rotatable bonds is 66. The third-order valence-electron chi connectivity index (χ3n) is 16.5. The highest BCUT2D eigenvalue weighted by Gasteiger charge is 2.28. The fourth-order valence-corrected chi connectivity index (χ4v) is 11.8. The van der Waals surface area contributed by atoms with Crippen molar-refractivity contribution in [3.63, 3.8) is 0 Å². The summed E-state index contributed by atoms with van der Waals surface area (Å²) in [4.78, 5) is 23.3. The van der Waals surface area contributed by atoms with E-state index in [1.165, 1.54) is 321 Å². The molecule has 3 N–H and O–H groups in total. The van der Waals surface area contributed by atoms with E-state index in [1.807, 2.05) is 27.2 Å². The highest BCUT2D eigenvalue weighted by Crippen LogP contribution is 2.43. The van der Waals surface area contributed by atoms with Crippen LogP contribution < -0.4 is 5.32 Å². The van der Waals surface area contributed by atoms with Crippen molar-refractivity contribution in [3.8, 4) is 0 Å². The van der Waals surface area contributed by atoms with E-state index >= 15 is 0 Å². The number of hydrogen-bond acceptors (Lipinski definition) is 5. The molecule has 1 amide bonds. The van der Waals surface area contributed by atoms with Gasteiger partial charge in [-0.15, -0.1) is 0 Å². The molecule has 0 fully saturated rings. The van der Waals surface area contributed by atoms with Gasteiger partial charge in [-0.05, 0) is 19.3 Å². The lowest BCUT2D eigenvalue weighted by atomic mass is 10.0. The molecule has 0 saturated carbocycles. The number of unbranched alkanes of at least 4 members (excludes halogenated alkanes) is 53. The highest BCUT2D eigenvalue weighted by atomic mass is 31.2. The van der Waals surface area contributed by atoms with Crippen LogP contribution in [0.3, 0.4) is 0 Å². The Bertz CT molecular complexity index is 1280. The zero-order valence-corrected chi connectivity index (χ0v) is 54.3. The maximum absolute atomic E-state index is 13.0. The summed E-state index contributed by atoms with van der Waals surface area (Å²) >= 11 is 0. The van der Waals surface area contributed by atoms with Crippen molar-refractivity contribution in [2.24, 2.45) is 0 Å². The zero-order chi connectivity index (χ0) is 57.0. The zero-order valence-electron chi connectivity index (χ0n) is 53.5. The number of carbonyl (C=O) groups is 1. The molecule has 0 aliphatic rings. The third kappa shape index (κ3) is 62.8. The standard InChI is InChI=1S/C69H139N2O6P/c1-6-8-10-12-14-16-18-20-22-23-24-25-26-27-28-29-30-31-32-33-34-35-36-37-38-39-40-41-42-43-44-45-46-47-49-51-53-55-57-59-61-63-69(73)70-67(66-77-78(74,75)76-65-64-71(3,4)5)68(72)62-60-58-56-54-52-50-48-21-19-17-15-13-11-9-7-2/h60,62,67-68,72H,6-59,61,63-66H2,1-5H3,(H-,70,73,74,75)/p+1/b62-60+. The number of nitrogens with zero attached hydrogens (tertiary/aromatic N) is 1. The summed E-state index contributed by atoms with van der Waals surface area (Å²) in [5.74, 6) is -0.168. The molecule has 78 heavy (non-hydrogen) atoms. The minimum absolute atomic E-state index is 0.0652. The van der Waals surface area contributed by atoms with Crippen molar-refractivity contribution in [3.05, 3.63) is 12.2 Å². The van der Waals surface area contributed by atoms with Crippen LogP contribution in [0.2, 0.25) is 0 Å². The van der Waals surface area contributed by atoms with Crippen LogP contribution in [0, 0.1) is 0 Å². The maximum atomic E-state index is 13.0. The molecule has 3 unspecified atom stereocenters. The monoisotopic (exact) mass is 1120 g/mol. The smallest absolute Gasteiger partial charge is 0.387 e. The van der Waals surface area contributed by atoms with E-state index in [0.717, 1.165) is 32.1 Å². The average Bonchev–Trinajstić information content (AvgIpc) is 3.41. The van der Waals surface area contributed by atoms with E-state index in [-0.39, 0.29) is 19.1 Å². The Balaban J connectivity index is 3.81. The summed E-state index contributed by atoms with van der Waals surface area (Å²) in [7, 11) is 1.59. The van der Waals surface area contributed by atoms with Crippen LogP contribution in [0.1, 0.15) is 373 Å². The topological polar surface area (TPSA) is 105 Å². The molecule has 0 aliphatic heterocycles. The molecule has 466 valence electrons. The number of phosphoric ester groups is 1. The van der Waals surface area contributed by atoms with Gasteiger partial charge in [-0.2, -0.15) is 0 Å². The molecule has 9 heteroatoms. The van der Waals surface area contributed by atoms with Crippen LogP contribution in [-0.4, -0.2) is 73.4 Å². The Morgan fingerprint density at radius 3 is 0.949 bits per heavy atom. The van der Waals surface area contributed by atoms with Crippen LogP contribution in [-0.2, 0) is 18.4 Å². The number of aliphatic hydroxyl groups excluding tert-OH is 1. The summed E-state index contributed by atoms with van der Waals surface area (Å²) < 4.78 is 23.7. The van der Waals surface area contributed by atoms with Gasteiger partial charge < -0.3 is 19.8 Å². The summed E-state index contributed by atoms with van der Waals surface area (Å²) in [5.41, 5.74) is 0. The largest absolute Gasteiger partial charge is 0.472 e. The third-order valence-corrected chi connectivity index (χ3v) is 17.5. The molecule has 0 aromatic carbocycles. The SMILES string of the molecule is CCCCCCCCCCCCCCC/C=C/C(O)C(COP(=O)(O)OCC[N+](C)(C)C)NC(=O)CCCCCCCCCCCCCCCCCCCCCCCCCCCCCCCCCCCCCCCCCCC. The second-order valence-corrected chi connectivity index (χ2v) is 27.1. The second kappa shape index (κ2) is 60.8. The van der Waals surface area contributed by atoms with Crippen LogP contribution in [0.4, 0.5) is 0 Å². The molecule has 0 heterocycles. The normalized spacial score (nSPS) is 13.7. The summed E-state index contributed by atoms with van der Waals surface area (Å²) in [5, 5.41) is 14.0. The van der Waals surface area contributed by atoms with Gasteiger partial charge in [0, 0.05) is 6.42 Å². The molecule has 0 spiro atoms. The maximum Gasteiger partial charge on any atom is 0.472 e. The minimum atomic E-state index is -4.34. The van der Waals surface area contributed by atoms with Gasteiger partial charge in [0.05, 0.1) is 39.9 Å². The van der Waals surface area contributed by atoms with Crippen molar-refractivity contribution >= 4 is 13.7 Å². The number of quaternary nitrogens is 1.